The van der Waals surface area contributed by atoms with E-state index in [1.165, 1.54) is 10.8 Å². The Bertz CT molecular complexity index is 1920. The molecule has 1 N–H and O–H groups in total. The number of carbonyl (C=O) groups is 2. The second-order valence-electron chi connectivity index (χ2n) is 14.4. The summed E-state index contributed by atoms with van der Waals surface area (Å²) in [5.41, 5.74) is 3.75. The van der Waals surface area contributed by atoms with Gasteiger partial charge < -0.3 is 24.4 Å². The second-order valence-corrected chi connectivity index (χ2v) is 21.5. The lowest BCUT2D eigenvalue weighted by atomic mass is 9.82. The number of benzene rings is 4. The van der Waals surface area contributed by atoms with Crippen molar-refractivity contribution < 1.29 is 24.2 Å². The van der Waals surface area contributed by atoms with E-state index in [-0.39, 0.29) is 42.3 Å². The third-order valence-corrected chi connectivity index (χ3v) is 17.1. The SMILES string of the molecule is COc1ccc([Si](C)(C)[C@H]2[C@H](CC(=O)N3Cc4ccccc4C[C@H]3CO)O[C@@]3(C(=O)N(Cc4ccc(I)cc4)c4ccc(I)cc43)[C@@H]2C)cc1. The van der Waals surface area contributed by atoms with E-state index in [1.54, 1.807) is 7.11 Å². The molecule has 3 aliphatic heterocycles. The Morgan fingerprint density at radius 3 is 2.34 bits per heavy atom. The van der Waals surface area contributed by atoms with Gasteiger partial charge in [-0.25, -0.2) is 0 Å². The second kappa shape index (κ2) is 14.0. The fourth-order valence-corrected chi connectivity index (χ4v) is 13.6. The number of nitrogens with zero attached hydrogens (tertiary/aromatic N) is 2. The lowest BCUT2D eigenvalue weighted by molar-refractivity contribution is -0.151. The quantitative estimate of drug-likeness (QED) is 0.152. The molecule has 4 aromatic carbocycles. The summed E-state index contributed by atoms with van der Waals surface area (Å²) in [6.45, 7) is 7.60. The molecule has 50 heavy (non-hydrogen) atoms. The minimum absolute atomic E-state index is 0.0543. The molecule has 0 saturated carbocycles. The van der Waals surface area contributed by atoms with Crippen LogP contribution in [0.3, 0.4) is 0 Å². The number of ether oxygens (including phenoxy) is 2. The molecule has 2 amide bonds. The van der Waals surface area contributed by atoms with Gasteiger partial charge in [0.1, 0.15) is 5.75 Å². The van der Waals surface area contributed by atoms with Gasteiger partial charge in [0.05, 0.1) is 52.6 Å². The third kappa shape index (κ3) is 6.12. The fourth-order valence-electron chi connectivity index (χ4n) is 8.75. The highest BCUT2D eigenvalue weighted by Gasteiger charge is 2.66. The number of halogens is 2. The van der Waals surface area contributed by atoms with Gasteiger partial charge in [-0.15, -0.1) is 0 Å². The minimum atomic E-state index is -2.44. The summed E-state index contributed by atoms with van der Waals surface area (Å²) < 4.78 is 14.9. The highest BCUT2D eigenvalue weighted by Crippen LogP contribution is 2.60. The number of amides is 2. The van der Waals surface area contributed by atoms with Gasteiger partial charge in [0.15, 0.2) is 5.60 Å². The molecule has 1 saturated heterocycles. The Morgan fingerprint density at radius 2 is 1.66 bits per heavy atom. The Morgan fingerprint density at radius 1 is 0.980 bits per heavy atom. The van der Waals surface area contributed by atoms with Crippen LogP contribution in [0.15, 0.2) is 91.0 Å². The predicted molar refractivity (Wildman–Crippen MR) is 215 cm³/mol. The van der Waals surface area contributed by atoms with Crippen LogP contribution in [-0.4, -0.2) is 55.8 Å². The maximum Gasteiger partial charge on any atom is 0.264 e. The van der Waals surface area contributed by atoms with Crippen LogP contribution in [0.4, 0.5) is 5.69 Å². The largest absolute Gasteiger partial charge is 0.497 e. The Labute approximate surface area is 322 Å². The van der Waals surface area contributed by atoms with Gasteiger partial charge in [0.25, 0.3) is 5.91 Å². The standard InChI is InChI=1S/C40H42I2N2O5Si/c1-25-38(50(3,4)33-16-14-32(48-2)15-17-33)36(21-37(46)43-23-28-8-6-5-7-27(28)19-31(43)24-45)49-40(25)34-20-30(42)13-18-35(34)44(39(40)47)22-26-9-11-29(41)12-10-26/h5-18,20,25,31,36,38,45H,19,21-24H2,1-4H3/t25-,31+,36+,38-,40+/m1/s1. The Hall–Kier alpha value is -2.78. The number of methoxy groups -OCH3 is 1. The van der Waals surface area contributed by atoms with Gasteiger partial charge in [0, 0.05) is 25.2 Å². The van der Waals surface area contributed by atoms with E-state index in [0.717, 1.165) is 35.3 Å². The number of carbonyl (C=O) groups excluding carboxylic acids is 2. The molecule has 10 heteroatoms. The van der Waals surface area contributed by atoms with Gasteiger partial charge in [-0.1, -0.05) is 73.7 Å². The topological polar surface area (TPSA) is 79.3 Å². The van der Waals surface area contributed by atoms with Crippen LogP contribution in [0.5, 0.6) is 5.75 Å². The van der Waals surface area contributed by atoms with Crippen molar-refractivity contribution >= 4 is 75.9 Å². The van der Waals surface area contributed by atoms with E-state index in [9.17, 15) is 9.90 Å². The number of rotatable bonds is 8. The molecule has 0 aromatic heterocycles. The molecule has 3 aliphatic rings. The van der Waals surface area contributed by atoms with Crippen LogP contribution in [0.2, 0.25) is 18.6 Å². The van der Waals surface area contributed by atoms with E-state index in [1.807, 2.05) is 46.2 Å². The highest BCUT2D eigenvalue weighted by atomic mass is 127. The summed E-state index contributed by atoms with van der Waals surface area (Å²) in [5, 5.41) is 11.7. The normalized spacial score (nSPS) is 24.4. The van der Waals surface area contributed by atoms with Crippen LogP contribution in [0.25, 0.3) is 0 Å². The average Bonchev–Trinajstić information content (AvgIpc) is 3.54. The molecule has 1 spiro atoms. The van der Waals surface area contributed by atoms with Crippen molar-refractivity contribution in [1.29, 1.82) is 0 Å². The summed E-state index contributed by atoms with van der Waals surface area (Å²) in [6.07, 6.45) is 0.231. The van der Waals surface area contributed by atoms with Crippen molar-refractivity contribution in [1.82, 2.24) is 4.90 Å². The third-order valence-electron chi connectivity index (χ3n) is 11.3. The summed E-state index contributed by atoms with van der Waals surface area (Å²) in [7, 11) is -0.774. The number of hydrogen-bond acceptors (Lipinski definition) is 5. The summed E-state index contributed by atoms with van der Waals surface area (Å²) in [5.74, 6) is 0.450. The first kappa shape index (κ1) is 35.6. The van der Waals surface area contributed by atoms with Gasteiger partial charge >= 0.3 is 0 Å². The van der Waals surface area contributed by atoms with E-state index < -0.39 is 19.8 Å². The van der Waals surface area contributed by atoms with Crippen molar-refractivity contribution in [3.63, 3.8) is 0 Å². The highest BCUT2D eigenvalue weighted by molar-refractivity contribution is 14.1. The molecular formula is C40H42I2N2O5Si. The van der Waals surface area contributed by atoms with Crippen LogP contribution in [0.1, 0.15) is 35.6 Å². The van der Waals surface area contributed by atoms with Gasteiger partial charge in [-0.3, -0.25) is 9.59 Å². The van der Waals surface area contributed by atoms with Crippen molar-refractivity contribution in [2.45, 2.75) is 69.2 Å². The Kier molecular flexibility index (Phi) is 9.96. The lowest BCUT2D eigenvalue weighted by Gasteiger charge is -2.39. The number of fused-ring (bicyclic) bond motifs is 3. The minimum Gasteiger partial charge on any atom is -0.497 e. The molecule has 7 nitrogen and oxygen atoms in total. The van der Waals surface area contributed by atoms with E-state index >= 15 is 4.79 Å². The molecule has 0 bridgehead atoms. The van der Waals surface area contributed by atoms with Gasteiger partial charge in [-0.05, 0) is 116 Å². The van der Waals surface area contributed by atoms with Crippen molar-refractivity contribution in [2.75, 3.05) is 18.6 Å². The fraction of sp³-hybridized carbons (Fsp3) is 0.350. The molecular weight excluding hydrogens is 870 g/mol. The van der Waals surface area contributed by atoms with Crippen LogP contribution < -0.4 is 14.8 Å². The van der Waals surface area contributed by atoms with Crippen LogP contribution in [0, 0.1) is 13.1 Å². The van der Waals surface area contributed by atoms with E-state index in [2.05, 4.69) is 120 Å². The molecule has 5 atom stereocenters. The molecule has 0 aliphatic carbocycles. The smallest absolute Gasteiger partial charge is 0.264 e. The molecule has 0 radical (unpaired) electrons. The van der Waals surface area contributed by atoms with Crippen molar-refractivity contribution in [3.8, 4) is 5.75 Å². The zero-order valence-electron chi connectivity index (χ0n) is 28.7. The summed E-state index contributed by atoms with van der Waals surface area (Å²) in [6, 6.07) is 30.6. The summed E-state index contributed by atoms with van der Waals surface area (Å²) >= 11 is 4.61. The van der Waals surface area contributed by atoms with Crippen molar-refractivity contribution in [3.05, 3.63) is 120 Å². The predicted octanol–water partition coefficient (Wildman–Crippen LogP) is 7.00. The first-order valence-corrected chi connectivity index (χ1v) is 22.4. The number of anilines is 1. The van der Waals surface area contributed by atoms with Gasteiger partial charge in [-0.2, -0.15) is 0 Å². The summed E-state index contributed by atoms with van der Waals surface area (Å²) in [4.78, 5) is 33.3. The number of aliphatic hydroxyl groups is 1. The first-order valence-electron chi connectivity index (χ1n) is 17.1. The molecule has 7 rings (SSSR count). The number of hydrogen-bond donors (Lipinski definition) is 1. The maximum atomic E-state index is 15.1. The van der Waals surface area contributed by atoms with E-state index in [0.29, 0.717) is 19.5 Å². The zero-order chi connectivity index (χ0) is 35.4. The maximum absolute atomic E-state index is 15.1. The van der Waals surface area contributed by atoms with Crippen LogP contribution in [-0.2, 0) is 39.4 Å². The lowest BCUT2D eigenvalue weighted by Crippen LogP contribution is -2.52. The van der Waals surface area contributed by atoms with Crippen molar-refractivity contribution in [2.24, 2.45) is 5.92 Å². The van der Waals surface area contributed by atoms with Gasteiger partial charge in [0.2, 0.25) is 5.91 Å². The number of aliphatic hydroxyl groups excluding tert-OH is 1. The monoisotopic (exact) mass is 912 g/mol. The molecule has 4 aromatic rings. The zero-order valence-corrected chi connectivity index (χ0v) is 34.1. The molecule has 260 valence electrons. The Balaban J connectivity index is 1.30. The van der Waals surface area contributed by atoms with E-state index in [4.69, 9.17) is 9.47 Å². The first-order chi connectivity index (χ1) is 24.0. The molecule has 0 unspecified atom stereocenters. The molecule has 3 heterocycles. The average molecular weight is 913 g/mol. The van der Waals surface area contributed by atoms with Crippen LogP contribution >= 0.6 is 45.2 Å². The molecule has 1 fully saturated rings.